The minimum Gasteiger partial charge on any atom is -0.492 e. The first-order valence-corrected chi connectivity index (χ1v) is 10.0. The van der Waals surface area contributed by atoms with Crippen LogP contribution >= 0.6 is 22.9 Å². The maximum Gasteiger partial charge on any atom is 0.256 e. The fourth-order valence-electron chi connectivity index (χ4n) is 2.98. The largest absolute Gasteiger partial charge is 0.492 e. The van der Waals surface area contributed by atoms with Gasteiger partial charge in [0.1, 0.15) is 5.75 Å². The lowest BCUT2D eigenvalue weighted by atomic mass is 10.1. The van der Waals surface area contributed by atoms with Gasteiger partial charge in [0, 0.05) is 5.39 Å². The molecule has 6 heteroatoms. The molecule has 0 saturated carbocycles. The molecule has 1 amide bonds. The highest BCUT2D eigenvalue weighted by Crippen LogP contribution is 2.33. The number of thiophene rings is 1. The van der Waals surface area contributed by atoms with E-state index in [1.165, 1.54) is 11.3 Å². The Morgan fingerprint density at radius 1 is 1.11 bits per heavy atom. The molecule has 0 unspecified atom stereocenters. The third-order valence-corrected chi connectivity index (χ3v) is 5.48. The van der Waals surface area contributed by atoms with E-state index in [9.17, 15) is 4.79 Å². The van der Waals surface area contributed by atoms with Crippen molar-refractivity contribution in [3.05, 3.63) is 76.6 Å². The van der Waals surface area contributed by atoms with Gasteiger partial charge >= 0.3 is 0 Å². The Kier molecular flexibility index (Phi) is 5.28. The fourth-order valence-corrected chi connectivity index (χ4v) is 3.99. The van der Waals surface area contributed by atoms with Crippen LogP contribution in [0.5, 0.6) is 5.75 Å². The topological polar surface area (TPSA) is 51.2 Å². The monoisotopic (exact) mass is 408 g/mol. The van der Waals surface area contributed by atoms with Gasteiger partial charge in [0.15, 0.2) is 0 Å². The van der Waals surface area contributed by atoms with E-state index in [1.54, 1.807) is 0 Å². The van der Waals surface area contributed by atoms with Crippen LogP contribution in [0, 0.1) is 0 Å². The molecule has 4 nitrogen and oxygen atoms in total. The number of nitrogens with zero attached hydrogens (tertiary/aromatic N) is 1. The molecular weight excluding hydrogens is 392 g/mol. The Morgan fingerprint density at radius 2 is 1.89 bits per heavy atom. The molecule has 0 aliphatic rings. The van der Waals surface area contributed by atoms with Crippen molar-refractivity contribution in [3.8, 4) is 16.3 Å². The fraction of sp³-hybridized carbons (Fsp3) is 0.0909. The van der Waals surface area contributed by atoms with Crippen molar-refractivity contribution >= 4 is 45.4 Å². The van der Waals surface area contributed by atoms with Gasteiger partial charge in [-0.1, -0.05) is 41.9 Å². The summed E-state index contributed by atoms with van der Waals surface area (Å²) in [6, 6.07) is 20.6. The molecule has 28 heavy (non-hydrogen) atoms. The van der Waals surface area contributed by atoms with Gasteiger partial charge in [0.05, 0.1) is 38.3 Å². The molecule has 0 bridgehead atoms. The number of aromatic nitrogens is 1. The summed E-state index contributed by atoms with van der Waals surface area (Å²) in [5.41, 5.74) is 2.67. The minimum absolute atomic E-state index is 0.213. The molecule has 1 N–H and O–H groups in total. The number of nitrogens with one attached hydrogen (secondary N) is 1. The quantitative estimate of drug-likeness (QED) is 0.423. The third-order valence-electron chi connectivity index (χ3n) is 4.22. The predicted molar refractivity (Wildman–Crippen MR) is 116 cm³/mol. The van der Waals surface area contributed by atoms with Crippen molar-refractivity contribution < 1.29 is 9.53 Å². The number of benzene rings is 2. The maximum atomic E-state index is 13.2. The van der Waals surface area contributed by atoms with Gasteiger partial charge < -0.3 is 10.1 Å². The SMILES string of the molecule is CCOc1ccccc1NC(=O)c1cc(-c2ccc(Cl)s2)nc2ccccc12. The highest BCUT2D eigenvalue weighted by atomic mass is 35.5. The molecular formula is C22H17ClN2O2S. The van der Waals surface area contributed by atoms with Crippen LogP contribution in [0.25, 0.3) is 21.5 Å². The number of amides is 1. The summed E-state index contributed by atoms with van der Waals surface area (Å²) in [4.78, 5) is 18.8. The second-order valence-corrected chi connectivity index (χ2v) is 7.77. The number of rotatable bonds is 5. The van der Waals surface area contributed by atoms with Crippen molar-refractivity contribution in [2.75, 3.05) is 11.9 Å². The van der Waals surface area contributed by atoms with Crippen LogP contribution in [0.4, 0.5) is 5.69 Å². The number of carbonyl (C=O) groups is 1. The number of hydrogen-bond acceptors (Lipinski definition) is 4. The first kappa shape index (κ1) is 18.5. The number of fused-ring (bicyclic) bond motifs is 1. The van der Waals surface area contributed by atoms with Crippen molar-refractivity contribution in [2.45, 2.75) is 6.92 Å². The zero-order chi connectivity index (χ0) is 19.5. The molecule has 0 radical (unpaired) electrons. The average molecular weight is 409 g/mol. The number of halogens is 1. The van der Waals surface area contributed by atoms with Crippen LogP contribution in [0.1, 0.15) is 17.3 Å². The van der Waals surface area contributed by atoms with Crippen LogP contribution in [-0.2, 0) is 0 Å². The van der Waals surface area contributed by atoms with Gasteiger partial charge in [0.25, 0.3) is 5.91 Å². The summed E-state index contributed by atoms with van der Waals surface area (Å²) < 4.78 is 6.30. The molecule has 0 saturated heterocycles. The van der Waals surface area contributed by atoms with Crippen LogP contribution in [0.3, 0.4) is 0 Å². The van der Waals surface area contributed by atoms with E-state index in [-0.39, 0.29) is 5.91 Å². The van der Waals surface area contributed by atoms with Crippen molar-refractivity contribution in [1.29, 1.82) is 0 Å². The standard InChI is InChI=1S/C22H17ClN2O2S/c1-2-27-19-10-6-5-9-17(19)25-22(26)15-13-18(20-11-12-21(23)28-20)24-16-8-4-3-7-14(15)16/h3-13H,2H2,1H3,(H,25,26). The number of carbonyl (C=O) groups excluding carboxylic acids is 1. The third kappa shape index (κ3) is 3.72. The van der Waals surface area contributed by atoms with Crippen molar-refractivity contribution in [2.24, 2.45) is 0 Å². The van der Waals surface area contributed by atoms with Crippen LogP contribution in [0.15, 0.2) is 66.7 Å². The van der Waals surface area contributed by atoms with Crippen LogP contribution in [-0.4, -0.2) is 17.5 Å². The summed E-state index contributed by atoms with van der Waals surface area (Å²) in [6.07, 6.45) is 0. The predicted octanol–water partition coefficient (Wildman–Crippen LogP) is 6.27. The first-order chi connectivity index (χ1) is 13.7. The maximum absolute atomic E-state index is 13.2. The van der Waals surface area contributed by atoms with Gasteiger partial charge in [-0.25, -0.2) is 4.98 Å². The lowest BCUT2D eigenvalue weighted by molar-refractivity contribution is 0.102. The van der Waals surface area contributed by atoms with E-state index < -0.39 is 0 Å². The molecule has 140 valence electrons. The second kappa shape index (κ2) is 8.00. The molecule has 0 atom stereocenters. The van der Waals surface area contributed by atoms with Crippen molar-refractivity contribution in [1.82, 2.24) is 4.98 Å². The number of para-hydroxylation sites is 3. The lowest BCUT2D eigenvalue weighted by Crippen LogP contribution is -2.14. The molecule has 0 fully saturated rings. The molecule has 0 aliphatic heterocycles. The number of pyridine rings is 1. The summed E-state index contributed by atoms with van der Waals surface area (Å²) in [6.45, 7) is 2.43. The molecule has 2 aromatic carbocycles. The molecule has 2 heterocycles. The number of anilines is 1. The number of hydrogen-bond donors (Lipinski definition) is 1. The van der Waals surface area contributed by atoms with E-state index in [0.29, 0.717) is 27.9 Å². The average Bonchev–Trinajstić information content (AvgIpc) is 3.15. The zero-order valence-corrected chi connectivity index (χ0v) is 16.7. The zero-order valence-electron chi connectivity index (χ0n) is 15.1. The van der Waals surface area contributed by atoms with E-state index in [2.05, 4.69) is 5.32 Å². The lowest BCUT2D eigenvalue weighted by Gasteiger charge is -2.13. The Balaban J connectivity index is 1.78. The highest BCUT2D eigenvalue weighted by Gasteiger charge is 2.16. The molecule has 0 spiro atoms. The summed E-state index contributed by atoms with van der Waals surface area (Å²) >= 11 is 7.52. The van der Waals surface area contributed by atoms with Gasteiger partial charge in [-0.2, -0.15) is 0 Å². The van der Waals surface area contributed by atoms with E-state index in [1.807, 2.05) is 73.7 Å². The molecule has 4 aromatic rings. The molecule has 0 aliphatic carbocycles. The molecule has 2 aromatic heterocycles. The van der Waals surface area contributed by atoms with E-state index in [4.69, 9.17) is 21.3 Å². The smallest absolute Gasteiger partial charge is 0.256 e. The highest BCUT2D eigenvalue weighted by molar-refractivity contribution is 7.19. The molecule has 4 rings (SSSR count). The Morgan fingerprint density at radius 3 is 2.68 bits per heavy atom. The van der Waals surface area contributed by atoms with Gasteiger partial charge in [-0.15, -0.1) is 11.3 Å². The van der Waals surface area contributed by atoms with E-state index in [0.717, 1.165) is 21.5 Å². The Labute approximate surface area is 171 Å². The van der Waals surface area contributed by atoms with Gasteiger partial charge in [0.2, 0.25) is 0 Å². The summed E-state index contributed by atoms with van der Waals surface area (Å²) in [5.74, 6) is 0.427. The number of ether oxygens (including phenoxy) is 1. The van der Waals surface area contributed by atoms with E-state index >= 15 is 0 Å². The van der Waals surface area contributed by atoms with Crippen LogP contribution < -0.4 is 10.1 Å². The normalized spacial score (nSPS) is 10.8. The van der Waals surface area contributed by atoms with Crippen molar-refractivity contribution in [3.63, 3.8) is 0 Å². The first-order valence-electron chi connectivity index (χ1n) is 8.84. The minimum atomic E-state index is -0.213. The summed E-state index contributed by atoms with van der Waals surface area (Å²) in [7, 11) is 0. The summed E-state index contributed by atoms with van der Waals surface area (Å²) in [5, 5.41) is 3.77. The Hall–Kier alpha value is -2.89. The van der Waals surface area contributed by atoms with Crippen LogP contribution in [0.2, 0.25) is 4.34 Å². The Bertz CT molecular complexity index is 1160. The van der Waals surface area contributed by atoms with Gasteiger partial charge in [-0.05, 0) is 43.3 Å². The van der Waals surface area contributed by atoms with Gasteiger partial charge in [-0.3, -0.25) is 4.79 Å². The second-order valence-electron chi connectivity index (χ2n) is 6.06.